The van der Waals surface area contributed by atoms with Gasteiger partial charge in [-0.1, -0.05) is 38.1 Å². The van der Waals surface area contributed by atoms with E-state index < -0.39 is 28.1 Å². The predicted molar refractivity (Wildman–Crippen MR) is 120 cm³/mol. The van der Waals surface area contributed by atoms with E-state index in [1.165, 1.54) is 0 Å². The highest BCUT2D eigenvalue weighted by molar-refractivity contribution is 7.90. The zero-order valence-corrected chi connectivity index (χ0v) is 19.1. The third kappa shape index (κ3) is 4.91. The average molecular weight is 429 g/mol. The molecule has 0 aliphatic heterocycles. The van der Waals surface area contributed by atoms with E-state index in [9.17, 15) is 8.94 Å². The number of nitrogens with one attached hydrogen (secondary N) is 1. The van der Waals surface area contributed by atoms with Crippen LogP contribution in [0.1, 0.15) is 63.4 Å². The zero-order chi connectivity index (χ0) is 22.1. The van der Waals surface area contributed by atoms with Crippen LogP contribution in [0.25, 0.3) is 11.3 Å². The first-order valence-electron chi connectivity index (χ1n) is 10.0. The van der Waals surface area contributed by atoms with Crippen molar-refractivity contribution in [1.82, 2.24) is 19.5 Å². The van der Waals surface area contributed by atoms with Crippen LogP contribution in [0.5, 0.6) is 0 Å². The first-order valence-corrected chi connectivity index (χ1v) is 11.2. The molecule has 2 atom stereocenters. The number of hydrogen-bond acceptors (Lipinski definition) is 4. The number of pyridine rings is 1. The van der Waals surface area contributed by atoms with Crippen molar-refractivity contribution in [2.45, 2.75) is 51.3 Å². The van der Waals surface area contributed by atoms with Crippen molar-refractivity contribution >= 4 is 11.4 Å². The van der Waals surface area contributed by atoms with Crippen LogP contribution in [-0.2, 0) is 18.4 Å². The first kappa shape index (κ1) is 22.5. The Balaban J connectivity index is 2.06. The quantitative estimate of drug-likeness (QED) is 0.449. The standard InChI is InChI=1S/C23H29FN4OS/c1-15(2)18-10-11-19(26-22(18)24)21(27-30(29)23(3,4)5)17-9-7-8-16(14-17)20-12-13-25-28(20)6/h7-15,21,27H,1-6H3/t21-,30?/m0/s1. The number of aromatic nitrogens is 3. The van der Waals surface area contributed by atoms with Gasteiger partial charge in [-0.3, -0.25) is 4.68 Å². The van der Waals surface area contributed by atoms with Crippen molar-refractivity contribution in [3.05, 3.63) is 71.4 Å². The molecule has 0 aliphatic rings. The molecule has 3 aromatic rings. The summed E-state index contributed by atoms with van der Waals surface area (Å²) < 4.78 is 32.1. The van der Waals surface area contributed by atoms with Gasteiger partial charge >= 0.3 is 0 Å². The summed E-state index contributed by atoms with van der Waals surface area (Å²) in [7, 11) is 1.88. The van der Waals surface area contributed by atoms with Gasteiger partial charge in [-0.15, -0.1) is 4.72 Å². The van der Waals surface area contributed by atoms with E-state index in [1.807, 2.05) is 78.1 Å². The SMILES string of the molecule is CC(C)c1ccc([C@@H](N[S+]([O-])C(C)(C)C)c2cccc(-c3ccnn3C)c2)nc1F. The maximum absolute atomic E-state index is 14.7. The van der Waals surface area contributed by atoms with Crippen molar-refractivity contribution in [2.75, 3.05) is 0 Å². The molecule has 0 saturated carbocycles. The number of rotatable bonds is 6. The fourth-order valence-corrected chi connectivity index (χ4v) is 3.99. The van der Waals surface area contributed by atoms with Crippen LogP contribution < -0.4 is 4.72 Å². The molecule has 7 heteroatoms. The highest BCUT2D eigenvalue weighted by atomic mass is 32.2. The molecule has 1 aromatic carbocycles. The summed E-state index contributed by atoms with van der Waals surface area (Å²) in [6, 6.07) is 12.9. The minimum absolute atomic E-state index is 0.0369. The van der Waals surface area contributed by atoms with Crippen molar-refractivity contribution in [3.63, 3.8) is 0 Å². The maximum atomic E-state index is 14.7. The van der Waals surface area contributed by atoms with Crippen LogP contribution in [0.4, 0.5) is 4.39 Å². The summed E-state index contributed by atoms with van der Waals surface area (Å²) in [6.07, 6.45) is 1.74. The van der Waals surface area contributed by atoms with Crippen LogP contribution in [0.15, 0.2) is 48.7 Å². The molecule has 1 unspecified atom stereocenters. The summed E-state index contributed by atoms with van der Waals surface area (Å²) in [6.45, 7) is 9.56. The van der Waals surface area contributed by atoms with Crippen LogP contribution in [-0.4, -0.2) is 24.1 Å². The van der Waals surface area contributed by atoms with E-state index in [2.05, 4.69) is 14.8 Å². The Kier molecular flexibility index (Phi) is 6.65. The molecule has 5 nitrogen and oxygen atoms in total. The lowest BCUT2D eigenvalue weighted by Gasteiger charge is -2.28. The predicted octanol–water partition coefficient (Wildman–Crippen LogP) is 4.89. The molecule has 30 heavy (non-hydrogen) atoms. The molecule has 0 amide bonds. The molecular weight excluding hydrogens is 399 g/mol. The number of aryl methyl sites for hydroxylation is 1. The molecule has 2 heterocycles. The van der Waals surface area contributed by atoms with E-state index in [0.717, 1.165) is 16.8 Å². The molecule has 3 rings (SSSR count). The third-order valence-corrected chi connectivity index (χ3v) is 6.50. The lowest BCUT2D eigenvalue weighted by molar-refractivity contribution is 0.523. The number of benzene rings is 1. The molecule has 0 aliphatic carbocycles. The van der Waals surface area contributed by atoms with Gasteiger partial charge in [0.1, 0.15) is 10.8 Å². The van der Waals surface area contributed by atoms with Crippen LogP contribution in [0, 0.1) is 5.95 Å². The first-order chi connectivity index (χ1) is 14.1. The lowest BCUT2D eigenvalue weighted by Crippen LogP contribution is -2.41. The van der Waals surface area contributed by atoms with E-state index in [4.69, 9.17) is 0 Å². The second kappa shape index (κ2) is 8.88. The van der Waals surface area contributed by atoms with Gasteiger partial charge in [0.15, 0.2) is 0 Å². The minimum atomic E-state index is -1.37. The Labute approximate surface area is 181 Å². The Morgan fingerprint density at radius 2 is 1.87 bits per heavy atom. The number of nitrogens with zero attached hydrogens (tertiary/aromatic N) is 3. The Bertz CT molecular complexity index is 1010. The van der Waals surface area contributed by atoms with Crippen LogP contribution in [0.3, 0.4) is 0 Å². The van der Waals surface area contributed by atoms with E-state index in [0.29, 0.717) is 11.3 Å². The van der Waals surface area contributed by atoms with E-state index in [1.54, 1.807) is 16.9 Å². The maximum Gasteiger partial charge on any atom is 0.216 e. The van der Waals surface area contributed by atoms with Gasteiger partial charge in [0.05, 0.1) is 11.4 Å². The Morgan fingerprint density at radius 3 is 2.43 bits per heavy atom. The van der Waals surface area contributed by atoms with Gasteiger partial charge in [-0.2, -0.15) is 9.49 Å². The molecule has 0 spiro atoms. The Hall–Kier alpha value is -2.22. The Morgan fingerprint density at radius 1 is 1.13 bits per heavy atom. The summed E-state index contributed by atoms with van der Waals surface area (Å²) >= 11 is -1.37. The van der Waals surface area contributed by atoms with Crippen molar-refractivity contribution < 1.29 is 8.94 Å². The highest BCUT2D eigenvalue weighted by Gasteiger charge is 2.31. The molecule has 0 saturated heterocycles. The molecule has 160 valence electrons. The molecule has 0 radical (unpaired) electrons. The summed E-state index contributed by atoms with van der Waals surface area (Å²) in [5.74, 6) is -0.450. The van der Waals surface area contributed by atoms with Crippen molar-refractivity contribution in [3.8, 4) is 11.3 Å². The van der Waals surface area contributed by atoms with Crippen LogP contribution in [0.2, 0.25) is 0 Å². The van der Waals surface area contributed by atoms with Gasteiger partial charge < -0.3 is 4.55 Å². The zero-order valence-electron chi connectivity index (χ0n) is 18.3. The van der Waals surface area contributed by atoms with Gasteiger partial charge in [0.25, 0.3) is 0 Å². The molecule has 1 N–H and O–H groups in total. The number of hydrogen-bond donors (Lipinski definition) is 1. The second-order valence-electron chi connectivity index (χ2n) is 8.67. The van der Waals surface area contributed by atoms with Crippen molar-refractivity contribution in [2.24, 2.45) is 7.05 Å². The van der Waals surface area contributed by atoms with Crippen molar-refractivity contribution in [1.29, 1.82) is 0 Å². The number of halogens is 1. The molecule has 2 aromatic heterocycles. The summed E-state index contributed by atoms with van der Waals surface area (Å²) in [5.41, 5.74) is 3.85. The monoisotopic (exact) mass is 428 g/mol. The fourth-order valence-electron chi connectivity index (χ4n) is 3.17. The summed E-state index contributed by atoms with van der Waals surface area (Å²) in [5, 5.41) is 4.23. The lowest BCUT2D eigenvalue weighted by atomic mass is 9.98. The second-order valence-corrected chi connectivity index (χ2v) is 10.7. The van der Waals surface area contributed by atoms with Gasteiger partial charge in [-0.25, -0.2) is 4.98 Å². The molecule has 0 bridgehead atoms. The van der Waals surface area contributed by atoms with Gasteiger partial charge in [-0.05, 0) is 50.5 Å². The average Bonchev–Trinajstić information content (AvgIpc) is 3.10. The molecular formula is C23H29FN4OS. The highest BCUT2D eigenvalue weighted by Crippen LogP contribution is 2.29. The van der Waals surface area contributed by atoms with Gasteiger partial charge in [0, 0.05) is 35.7 Å². The fraction of sp³-hybridized carbons (Fsp3) is 0.391. The largest absolute Gasteiger partial charge is 0.598 e. The smallest absolute Gasteiger partial charge is 0.216 e. The van der Waals surface area contributed by atoms with Gasteiger partial charge in [0.2, 0.25) is 5.95 Å². The molecule has 0 fully saturated rings. The summed E-state index contributed by atoms with van der Waals surface area (Å²) in [4.78, 5) is 4.24. The van der Waals surface area contributed by atoms with E-state index >= 15 is 0 Å². The topological polar surface area (TPSA) is 65.8 Å². The van der Waals surface area contributed by atoms with E-state index in [-0.39, 0.29) is 5.92 Å². The third-order valence-electron chi connectivity index (χ3n) is 4.93. The van der Waals surface area contributed by atoms with Crippen LogP contribution >= 0.6 is 0 Å². The minimum Gasteiger partial charge on any atom is -0.598 e. The normalized spacial score (nSPS) is 14.2.